The van der Waals surface area contributed by atoms with Gasteiger partial charge in [0.2, 0.25) is 0 Å². The smallest absolute Gasteiger partial charge is 0.127 e. The maximum absolute atomic E-state index is 10.2. The van der Waals surface area contributed by atoms with Crippen molar-refractivity contribution in [3.63, 3.8) is 0 Å². The minimum Gasteiger partial charge on any atom is -0.379 e. The van der Waals surface area contributed by atoms with Crippen LogP contribution in [-0.2, 0) is 27.3 Å². The Kier molecular flexibility index (Phi) is 3.65. The molecule has 0 aliphatic heterocycles. The molecule has 1 aromatic carbocycles. The molecule has 2 rings (SSSR count). The first kappa shape index (κ1) is 11.6. The van der Waals surface area contributed by atoms with Crippen molar-refractivity contribution >= 4 is 5.71 Å². The third-order valence-corrected chi connectivity index (χ3v) is 2.72. The quantitative estimate of drug-likeness (QED) is 0.703. The maximum atomic E-state index is 10.2. The zero-order chi connectivity index (χ0) is 9.31. The molecular formula is C11H13NOTi. The van der Waals surface area contributed by atoms with E-state index >= 15 is 0 Å². The third-order valence-electron chi connectivity index (χ3n) is 2.72. The van der Waals surface area contributed by atoms with Crippen molar-refractivity contribution < 1.29 is 26.8 Å². The summed E-state index contributed by atoms with van der Waals surface area (Å²) in [6, 6.07) is 9.50. The minimum absolute atomic E-state index is 0. The molecule has 1 aromatic rings. The molecule has 1 aliphatic rings. The molecule has 1 saturated carbocycles. The second kappa shape index (κ2) is 4.39. The van der Waals surface area contributed by atoms with E-state index in [0.717, 1.165) is 18.4 Å². The molecule has 0 radical (unpaired) electrons. The zero-order valence-corrected chi connectivity index (χ0v) is 9.52. The molecule has 14 heavy (non-hydrogen) atoms. The predicted octanol–water partition coefficient (Wildman–Crippen LogP) is 2.08. The van der Waals surface area contributed by atoms with Crippen LogP contribution < -0.4 is 0 Å². The van der Waals surface area contributed by atoms with E-state index in [1.54, 1.807) is 0 Å². The normalized spacial score (nSPS) is 25.9. The van der Waals surface area contributed by atoms with Crippen LogP contribution >= 0.6 is 0 Å². The molecule has 0 saturated heterocycles. The Morgan fingerprint density at radius 2 is 1.86 bits per heavy atom. The van der Waals surface area contributed by atoms with Gasteiger partial charge in [0.25, 0.3) is 0 Å². The standard InChI is InChI=1S/C11H13NO.Ti/c12-10-7-4-8-11(10,13)9-5-2-1-3-6-9;/h1-3,5-6,12-13H,4,7-8H2;/t11-;/m0./s1. The van der Waals surface area contributed by atoms with E-state index in [0.29, 0.717) is 12.1 Å². The molecule has 0 heterocycles. The van der Waals surface area contributed by atoms with Gasteiger partial charge in [-0.05, 0) is 24.8 Å². The Morgan fingerprint density at radius 3 is 2.36 bits per heavy atom. The van der Waals surface area contributed by atoms with Crippen LogP contribution in [-0.4, -0.2) is 10.8 Å². The van der Waals surface area contributed by atoms with Crippen molar-refractivity contribution in [2.24, 2.45) is 0 Å². The monoisotopic (exact) mass is 223 g/mol. The molecule has 0 amide bonds. The molecular weight excluding hydrogens is 210 g/mol. The van der Waals surface area contributed by atoms with Crippen LogP contribution in [0.5, 0.6) is 0 Å². The van der Waals surface area contributed by atoms with E-state index in [9.17, 15) is 5.11 Å². The van der Waals surface area contributed by atoms with E-state index in [2.05, 4.69) is 0 Å². The number of hydrogen-bond acceptors (Lipinski definition) is 2. The number of rotatable bonds is 1. The van der Waals surface area contributed by atoms with Crippen LogP contribution in [0, 0.1) is 5.41 Å². The van der Waals surface area contributed by atoms with Gasteiger partial charge < -0.3 is 10.5 Å². The van der Waals surface area contributed by atoms with Gasteiger partial charge in [-0.1, -0.05) is 30.3 Å². The summed E-state index contributed by atoms with van der Waals surface area (Å²) >= 11 is 0. The average Bonchev–Trinajstić information content (AvgIpc) is 2.50. The number of benzene rings is 1. The van der Waals surface area contributed by atoms with Gasteiger partial charge in [0.15, 0.2) is 0 Å². The molecule has 1 atom stereocenters. The van der Waals surface area contributed by atoms with Crippen LogP contribution in [0.25, 0.3) is 0 Å². The number of aliphatic hydroxyl groups is 1. The first-order chi connectivity index (χ1) is 6.23. The first-order valence-corrected chi connectivity index (χ1v) is 4.59. The Hall–Kier alpha value is -0.436. The molecule has 1 aliphatic carbocycles. The topological polar surface area (TPSA) is 44.1 Å². The molecule has 2 nitrogen and oxygen atoms in total. The average molecular weight is 223 g/mol. The fourth-order valence-electron chi connectivity index (χ4n) is 1.91. The van der Waals surface area contributed by atoms with Crippen molar-refractivity contribution in [1.82, 2.24) is 0 Å². The fraction of sp³-hybridized carbons (Fsp3) is 0.364. The summed E-state index contributed by atoms with van der Waals surface area (Å²) in [6.07, 6.45) is 2.34. The van der Waals surface area contributed by atoms with E-state index in [1.807, 2.05) is 30.3 Å². The number of nitrogens with one attached hydrogen (secondary N) is 1. The predicted molar refractivity (Wildman–Crippen MR) is 51.9 cm³/mol. The molecule has 0 unspecified atom stereocenters. The Morgan fingerprint density at radius 1 is 1.21 bits per heavy atom. The van der Waals surface area contributed by atoms with E-state index in [-0.39, 0.29) is 21.7 Å². The van der Waals surface area contributed by atoms with Gasteiger partial charge in [0, 0.05) is 27.4 Å². The second-order valence-corrected chi connectivity index (χ2v) is 3.56. The zero-order valence-electron chi connectivity index (χ0n) is 7.96. The van der Waals surface area contributed by atoms with Crippen LogP contribution in [0.15, 0.2) is 30.3 Å². The molecule has 72 valence electrons. The van der Waals surface area contributed by atoms with Crippen LogP contribution in [0.3, 0.4) is 0 Å². The maximum Gasteiger partial charge on any atom is 0.127 e. The van der Waals surface area contributed by atoms with Crippen LogP contribution in [0.2, 0.25) is 0 Å². The SMILES string of the molecule is N=C1CCC[C@]1(O)c1ccccc1.[Ti]. The van der Waals surface area contributed by atoms with Gasteiger partial charge in [-0.2, -0.15) is 0 Å². The van der Waals surface area contributed by atoms with Gasteiger partial charge in [0.05, 0.1) is 0 Å². The van der Waals surface area contributed by atoms with E-state index in [1.165, 1.54) is 0 Å². The van der Waals surface area contributed by atoms with Gasteiger partial charge in [-0.15, -0.1) is 0 Å². The van der Waals surface area contributed by atoms with Gasteiger partial charge >= 0.3 is 0 Å². The van der Waals surface area contributed by atoms with Crippen LogP contribution in [0.1, 0.15) is 24.8 Å². The van der Waals surface area contributed by atoms with Crippen molar-refractivity contribution in [2.75, 3.05) is 0 Å². The van der Waals surface area contributed by atoms with Gasteiger partial charge in [-0.25, -0.2) is 0 Å². The summed E-state index contributed by atoms with van der Waals surface area (Å²) in [6.45, 7) is 0. The molecule has 2 N–H and O–H groups in total. The van der Waals surface area contributed by atoms with Crippen molar-refractivity contribution in [3.05, 3.63) is 35.9 Å². The summed E-state index contributed by atoms with van der Waals surface area (Å²) < 4.78 is 0. The van der Waals surface area contributed by atoms with Crippen molar-refractivity contribution in [1.29, 1.82) is 5.41 Å². The summed E-state index contributed by atoms with van der Waals surface area (Å²) in [5.41, 5.74) is 0.345. The summed E-state index contributed by atoms with van der Waals surface area (Å²) in [4.78, 5) is 0. The Bertz CT molecular complexity index is 325. The third kappa shape index (κ3) is 1.83. The Labute approximate surface area is 98.7 Å². The van der Waals surface area contributed by atoms with Gasteiger partial charge in [-0.3, -0.25) is 0 Å². The number of hydrogen-bond donors (Lipinski definition) is 2. The summed E-state index contributed by atoms with van der Waals surface area (Å²) in [5.74, 6) is 0. The van der Waals surface area contributed by atoms with Gasteiger partial charge in [0.1, 0.15) is 5.60 Å². The Balaban J connectivity index is 0.000000980. The molecule has 3 heteroatoms. The molecule has 1 fully saturated rings. The molecule has 0 bridgehead atoms. The van der Waals surface area contributed by atoms with E-state index < -0.39 is 5.60 Å². The fourth-order valence-corrected chi connectivity index (χ4v) is 1.91. The largest absolute Gasteiger partial charge is 0.379 e. The molecule has 0 aromatic heterocycles. The minimum atomic E-state index is -0.971. The summed E-state index contributed by atoms with van der Waals surface area (Å²) in [5, 5.41) is 17.9. The first-order valence-electron chi connectivity index (χ1n) is 4.59. The van der Waals surface area contributed by atoms with Crippen LogP contribution in [0.4, 0.5) is 0 Å². The second-order valence-electron chi connectivity index (χ2n) is 3.56. The van der Waals surface area contributed by atoms with Crippen molar-refractivity contribution in [2.45, 2.75) is 24.9 Å². The summed E-state index contributed by atoms with van der Waals surface area (Å²) in [7, 11) is 0. The van der Waals surface area contributed by atoms with E-state index in [4.69, 9.17) is 5.41 Å². The van der Waals surface area contributed by atoms with Crippen molar-refractivity contribution in [3.8, 4) is 0 Å². The molecule has 0 spiro atoms.